The van der Waals surface area contributed by atoms with Crippen LogP contribution in [0.5, 0.6) is 0 Å². The third kappa shape index (κ3) is 3.55. The molecular formula is C15H7F5N4O3S. The minimum Gasteiger partial charge on any atom is -0.316 e. The van der Waals surface area contributed by atoms with E-state index in [0.717, 1.165) is 23.7 Å². The third-order valence-corrected chi connectivity index (χ3v) is 4.48. The average molecular weight is 418 g/mol. The monoisotopic (exact) mass is 418 g/mol. The van der Waals surface area contributed by atoms with E-state index in [-0.39, 0.29) is 17.1 Å². The zero-order valence-electron chi connectivity index (χ0n) is 13.4. The van der Waals surface area contributed by atoms with Crippen LogP contribution in [-0.2, 0) is 6.54 Å². The Bertz CT molecular complexity index is 1070. The number of nitrogens with zero attached hydrogens (tertiary/aromatic N) is 3. The molecule has 0 aliphatic heterocycles. The van der Waals surface area contributed by atoms with Gasteiger partial charge in [-0.05, 0) is 17.0 Å². The standard InChI is InChI=1S/C15H7F5N4O3S/c16-9-10(17)12(19)14(13(20)11(9)18)22-15(25)8-1-6(5-28-8)3-23-4-7(2-21-23)24(26)27/h1-2,4-5H,3H2,(H,22,25). The number of hydrogen-bond acceptors (Lipinski definition) is 5. The second-order valence-electron chi connectivity index (χ2n) is 5.37. The number of halogens is 5. The zero-order valence-corrected chi connectivity index (χ0v) is 14.2. The molecule has 0 bridgehead atoms. The summed E-state index contributed by atoms with van der Waals surface area (Å²) in [5.41, 5.74) is -1.22. The van der Waals surface area contributed by atoms with Crippen LogP contribution >= 0.6 is 11.3 Å². The topological polar surface area (TPSA) is 90.1 Å². The Hall–Kier alpha value is -3.35. The van der Waals surface area contributed by atoms with Gasteiger partial charge in [-0.3, -0.25) is 19.6 Å². The molecule has 0 aliphatic carbocycles. The maximum atomic E-state index is 13.6. The largest absolute Gasteiger partial charge is 0.316 e. The van der Waals surface area contributed by atoms with Crippen LogP contribution in [0.2, 0.25) is 0 Å². The smallest absolute Gasteiger partial charge is 0.307 e. The molecule has 146 valence electrons. The summed E-state index contributed by atoms with van der Waals surface area (Å²) in [5.74, 6) is -12.1. The number of thiophene rings is 1. The van der Waals surface area contributed by atoms with Crippen molar-refractivity contribution >= 4 is 28.6 Å². The van der Waals surface area contributed by atoms with Crippen LogP contribution < -0.4 is 5.32 Å². The molecule has 0 fully saturated rings. The lowest BCUT2D eigenvalue weighted by Crippen LogP contribution is -2.16. The number of benzene rings is 1. The van der Waals surface area contributed by atoms with E-state index in [0.29, 0.717) is 5.56 Å². The first-order valence-corrected chi connectivity index (χ1v) is 8.14. The number of carbonyl (C=O) groups excluding carboxylic acids is 1. The van der Waals surface area contributed by atoms with Crippen LogP contribution in [0.1, 0.15) is 15.2 Å². The van der Waals surface area contributed by atoms with Gasteiger partial charge in [0.2, 0.25) is 5.82 Å². The third-order valence-electron chi connectivity index (χ3n) is 3.50. The van der Waals surface area contributed by atoms with Crippen LogP contribution in [0, 0.1) is 39.2 Å². The van der Waals surface area contributed by atoms with E-state index >= 15 is 0 Å². The molecule has 2 aromatic heterocycles. The summed E-state index contributed by atoms with van der Waals surface area (Å²) in [6, 6.07) is 1.29. The summed E-state index contributed by atoms with van der Waals surface area (Å²) < 4.78 is 67.9. The summed E-state index contributed by atoms with van der Waals surface area (Å²) in [6.07, 6.45) is 2.19. The van der Waals surface area contributed by atoms with Gasteiger partial charge in [-0.15, -0.1) is 11.3 Å². The molecule has 0 unspecified atom stereocenters. The van der Waals surface area contributed by atoms with Gasteiger partial charge >= 0.3 is 5.69 Å². The van der Waals surface area contributed by atoms with Crippen molar-refractivity contribution < 1.29 is 31.7 Å². The molecule has 0 saturated heterocycles. The van der Waals surface area contributed by atoms with Crippen molar-refractivity contribution in [3.63, 3.8) is 0 Å². The van der Waals surface area contributed by atoms with Gasteiger partial charge in [0.15, 0.2) is 23.3 Å². The van der Waals surface area contributed by atoms with E-state index in [9.17, 15) is 36.9 Å². The zero-order chi connectivity index (χ0) is 20.6. The number of nitro groups is 1. The second kappa shape index (κ2) is 7.34. The number of nitrogens with one attached hydrogen (secondary N) is 1. The predicted octanol–water partition coefficient (Wildman–Crippen LogP) is 3.85. The molecular weight excluding hydrogens is 411 g/mol. The highest BCUT2D eigenvalue weighted by atomic mass is 32.1. The fraction of sp³-hybridized carbons (Fsp3) is 0.0667. The Kier molecular flexibility index (Phi) is 5.09. The fourth-order valence-corrected chi connectivity index (χ4v) is 2.99. The minimum atomic E-state index is -2.33. The van der Waals surface area contributed by atoms with Crippen molar-refractivity contribution in [3.05, 3.63) is 73.5 Å². The number of anilines is 1. The molecule has 2 heterocycles. The Labute approximate surface area is 156 Å². The van der Waals surface area contributed by atoms with E-state index in [1.54, 1.807) is 5.32 Å². The van der Waals surface area contributed by atoms with Gasteiger partial charge < -0.3 is 5.32 Å². The van der Waals surface area contributed by atoms with Gasteiger partial charge in [0, 0.05) is 0 Å². The molecule has 13 heteroatoms. The lowest BCUT2D eigenvalue weighted by atomic mass is 10.2. The summed E-state index contributed by atoms with van der Waals surface area (Å²) >= 11 is 0.839. The number of aromatic nitrogens is 2. The first-order chi connectivity index (χ1) is 13.2. The van der Waals surface area contributed by atoms with Crippen LogP contribution in [0.3, 0.4) is 0 Å². The molecule has 0 saturated carbocycles. The van der Waals surface area contributed by atoms with E-state index in [1.165, 1.54) is 16.1 Å². The van der Waals surface area contributed by atoms with Gasteiger partial charge in [-0.25, -0.2) is 22.0 Å². The SMILES string of the molecule is O=C(Nc1c(F)c(F)c(F)c(F)c1F)c1cc(Cn2cc([N+](=O)[O-])cn2)cs1. The highest BCUT2D eigenvalue weighted by Gasteiger charge is 2.27. The van der Waals surface area contributed by atoms with E-state index in [1.807, 2.05) is 0 Å². The lowest BCUT2D eigenvalue weighted by Gasteiger charge is -2.09. The minimum absolute atomic E-state index is 0.0557. The molecule has 0 spiro atoms. The quantitative estimate of drug-likeness (QED) is 0.224. The van der Waals surface area contributed by atoms with Crippen LogP contribution in [-0.4, -0.2) is 20.6 Å². The summed E-state index contributed by atoms with van der Waals surface area (Å²) in [5, 5.41) is 17.5. The van der Waals surface area contributed by atoms with Crippen molar-refractivity contribution in [1.82, 2.24) is 9.78 Å². The van der Waals surface area contributed by atoms with E-state index in [2.05, 4.69) is 5.10 Å². The summed E-state index contributed by atoms with van der Waals surface area (Å²) in [4.78, 5) is 22.0. The maximum absolute atomic E-state index is 13.6. The Morgan fingerprint density at radius 3 is 2.32 bits per heavy atom. The average Bonchev–Trinajstić information content (AvgIpc) is 3.32. The van der Waals surface area contributed by atoms with Crippen LogP contribution in [0.25, 0.3) is 0 Å². The summed E-state index contributed by atoms with van der Waals surface area (Å²) in [6.45, 7) is 0.0557. The van der Waals surface area contributed by atoms with Gasteiger partial charge in [-0.1, -0.05) is 0 Å². The van der Waals surface area contributed by atoms with Crippen LogP contribution in [0.4, 0.5) is 33.3 Å². The number of amides is 1. The maximum Gasteiger partial charge on any atom is 0.307 e. The molecule has 1 N–H and O–H groups in total. The van der Waals surface area contributed by atoms with E-state index < -0.39 is 45.6 Å². The van der Waals surface area contributed by atoms with Gasteiger partial charge in [-0.2, -0.15) is 5.10 Å². The van der Waals surface area contributed by atoms with Crippen LogP contribution in [0.15, 0.2) is 23.8 Å². The first kappa shape index (κ1) is 19.4. The molecule has 1 aromatic carbocycles. The Morgan fingerprint density at radius 1 is 1.14 bits per heavy atom. The number of rotatable bonds is 5. The second-order valence-corrected chi connectivity index (χ2v) is 6.28. The molecule has 28 heavy (non-hydrogen) atoms. The van der Waals surface area contributed by atoms with E-state index in [4.69, 9.17) is 0 Å². The highest BCUT2D eigenvalue weighted by molar-refractivity contribution is 7.12. The highest BCUT2D eigenvalue weighted by Crippen LogP contribution is 2.28. The van der Waals surface area contributed by atoms with Gasteiger partial charge in [0.25, 0.3) is 5.91 Å². The van der Waals surface area contributed by atoms with Crippen molar-refractivity contribution in [2.75, 3.05) is 5.32 Å². The van der Waals surface area contributed by atoms with Crippen molar-refractivity contribution in [1.29, 1.82) is 0 Å². The van der Waals surface area contributed by atoms with Crippen molar-refractivity contribution in [2.24, 2.45) is 0 Å². The number of carbonyl (C=O) groups is 1. The van der Waals surface area contributed by atoms with Crippen molar-refractivity contribution in [3.8, 4) is 0 Å². The molecule has 1 amide bonds. The fourth-order valence-electron chi connectivity index (χ4n) is 2.19. The normalized spacial score (nSPS) is 10.9. The van der Waals surface area contributed by atoms with Gasteiger partial charge in [0.05, 0.1) is 16.3 Å². The lowest BCUT2D eigenvalue weighted by molar-refractivity contribution is -0.385. The van der Waals surface area contributed by atoms with Gasteiger partial charge in [0.1, 0.15) is 18.1 Å². The molecule has 0 aliphatic rings. The molecule has 0 atom stereocenters. The van der Waals surface area contributed by atoms with Crippen molar-refractivity contribution in [2.45, 2.75) is 6.54 Å². The Balaban J connectivity index is 1.79. The Morgan fingerprint density at radius 2 is 1.75 bits per heavy atom. The summed E-state index contributed by atoms with van der Waals surface area (Å²) in [7, 11) is 0. The number of hydrogen-bond donors (Lipinski definition) is 1. The first-order valence-electron chi connectivity index (χ1n) is 7.26. The molecule has 3 aromatic rings. The predicted molar refractivity (Wildman–Crippen MR) is 86.5 cm³/mol. The molecule has 3 rings (SSSR count). The molecule has 7 nitrogen and oxygen atoms in total. The molecule has 0 radical (unpaired) electrons.